The van der Waals surface area contributed by atoms with Crippen LogP contribution in [-0.4, -0.2) is 29.2 Å². The maximum absolute atomic E-state index is 12.3. The van der Waals surface area contributed by atoms with E-state index in [-0.39, 0.29) is 0 Å². The van der Waals surface area contributed by atoms with Crippen molar-refractivity contribution < 1.29 is 14.3 Å². The maximum atomic E-state index is 12.3. The fourth-order valence-electron chi connectivity index (χ4n) is 2.72. The van der Waals surface area contributed by atoms with Crippen molar-refractivity contribution in [2.24, 2.45) is 0 Å². The third-order valence-corrected chi connectivity index (χ3v) is 3.94. The van der Waals surface area contributed by atoms with Crippen LogP contribution >= 0.6 is 0 Å². The average Bonchev–Trinajstić information content (AvgIpc) is 3.00. The lowest BCUT2D eigenvalue weighted by molar-refractivity contribution is 0.0519. The number of carbonyl (C=O) groups is 1. The van der Waals surface area contributed by atoms with E-state index in [0.29, 0.717) is 18.1 Å². The van der Waals surface area contributed by atoms with Gasteiger partial charge in [-0.3, -0.25) is 4.57 Å². The van der Waals surface area contributed by atoms with Crippen LogP contribution in [0.4, 0.5) is 0 Å². The van der Waals surface area contributed by atoms with E-state index in [0.717, 1.165) is 22.7 Å². The smallest absolute Gasteiger partial charge is 0.358 e. The van der Waals surface area contributed by atoms with E-state index in [1.807, 2.05) is 66.1 Å². The van der Waals surface area contributed by atoms with E-state index in [1.165, 1.54) is 0 Å². The second-order valence-corrected chi connectivity index (χ2v) is 5.49. The van der Waals surface area contributed by atoms with Crippen LogP contribution in [-0.2, 0) is 4.74 Å². The molecule has 0 atom stereocenters. The molecule has 0 radical (unpaired) electrons. The van der Waals surface area contributed by atoms with E-state index in [1.54, 1.807) is 14.0 Å². The summed E-state index contributed by atoms with van der Waals surface area (Å²) in [5.41, 5.74) is 2.90. The molecule has 25 heavy (non-hydrogen) atoms. The molecule has 0 N–H and O–H groups in total. The van der Waals surface area contributed by atoms with Crippen LogP contribution in [0.2, 0.25) is 0 Å². The second kappa shape index (κ2) is 7.21. The number of aromatic nitrogens is 2. The van der Waals surface area contributed by atoms with Crippen LogP contribution < -0.4 is 4.74 Å². The zero-order valence-electron chi connectivity index (χ0n) is 14.5. The molecule has 2 aromatic carbocycles. The standard InChI is InChI=1S/C20H20N2O3/c1-4-25-20(23)18-14(2)22(16-10-12-17(24-3)13-11-16)19(21-18)15-8-6-5-7-9-15/h5-13H,4H2,1-3H3. The number of rotatable bonds is 5. The number of benzene rings is 2. The van der Waals surface area contributed by atoms with Crippen molar-refractivity contribution in [3.05, 3.63) is 66.0 Å². The molecule has 0 saturated carbocycles. The van der Waals surface area contributed by atoms with Gasteiger partial charge in [-0.2, -0.15) is 0 Å². The topological polar surface area (TPSA) is 53.3 Å². The van der Waals surface area contributed by atoms with Gasteiger partial charge in [0, 0.05) is 11.3 Å². The Kier molecular flexibility index (Phi) is 4.84. The lowest BCUT2D eigenvalue weighted by atomic mass is 10.2. The largest absolute Gasteiger partial charge is 0.497 e. The minimum absolute atomic E-state index is 0.314. The van der Waals surface area contributed by atoms with Gasteiger partial charge < -0.3 is 9.47 Å². The summed E-state index contributed by atoms with van der Waals surface area (Å²) in [4.78, 5) is 16.9. The SMILES string of the molecule is CCOC(=O)c1nc(-c2ccccc2)n(-c2ccc(OC)cc2)c1C. The molecule has 5 nitrogen and oxygen atoms in total. The van der Waals surface area contributed by atoms with E-state index >= 15 is 0 Å². The quantitative estimate of drug-likeness (QED) is 0.660. The third kappa shape index (κ3) is 3.26. The molecule has 0 amide bonds. The summed E-state index contributed by atoms with van der Waals surface area (Å²) in [6.45, 7) is 3.97. The Labute approximate surface area is 146 Å². The minimum Gasteiger partial charge on any atom is -0.497 e. The maximum Gasteiger partial charge on any atom is 0.358 e. The summed E-state index contributed by atoms with van der Waals surface area (Å²) in [6, 6.07) is 17.4. The lowest BCUT2D eigenvalue weighted by Gasteiger charge is -2.11. The predicted octanol–water partition coefficient (Wildman–Crippen LogP) is 4.03. The normalized spacial score (nSPS) is 10.5. The van der Waals surface area contributed by atoms with Gasteiger partial charge in [0.15, 0.2) is 5.69 Å². The van der Waals surface area contributed by atoms with Gasteiger partial charge in [-0.25, -0.2) is 9.78 Å². The summed E-state index contributed by atoms with van der Waals surface area (Å²) in [5, 5.41) is 0. The van der Waals surface area contributed by atoms with E-state index in [9.17, 15) is 4.79 Å². The summed E-state index contributed by atoms with van der Waals surface area (Å²) in [6.07, 6.45) is 0. The minimum atomic E-state index is -0.413. The van der Waals surface area contributed by atoms with Crippen LogP contribution in [0.1, 0.15) is 23.1 Å². The molecule has 1 heterocycles. The number of carbonyl (C=O) groups excluding carboxylic acids is 1. The van der Waals surface area contributed by atoms with Crippen molar-refractivity contribution in [1.82, 2.24) is 9.55 Å². The molecule has 0 fully saturated rings. The first kappa shape index (κ1) is 16.8. The molecule has 0 saturated heterocycles. The van der Waals surface area contributed by atoms with Crippen LogP contribution in [0.3, 0.4) is 0 Å². The van der Waals surface area contributed by atoms with Gasteiger partial charge in [-0.05, 0) is 38.1 Å². The van der Waals surface area contributed by atoms with Crippen molar-refractivity contribution in [1.29, 1.82) is 0 Å². The summed E-state index contributed by atoms with van der Waals surface area (Å²) in [7, 11) is 1.63. The lowest BCUT2D eigenvalue weighted by Crippen LogP contribution is -2.07. The van der Waals surface area contributed by atoms with Crippen molar-refractivity contribution >= 4 is 5.97 Å². The van der Waals surface area contributed by atoms with Gasteiger partial charge in [-0.1, -0.05) is 30.3 Å². The molecule has 1 aromatic heterocycles. The molecule has 3 aromatic rings. The highest BCUT2D eigenvalue weighted by Gasteiger charge is 2.22. The third-order valence-electron chi connectivity index (χ3n) is 3.94. The van der Waals surface area contributed by atoms with E-state index in [2.05, 4.69) is 4.98 Å². The first-order valence-corrected chi connectivity index (χ1v) is 8.12. The van der Waals surface area contributed by atoms with Gasteiger partial charge in [0.25, 0.3) is 0 Å². The molecule has 0 spiro atoms. The van der Waals surface area contributed by atoms with Crippen LogP contribution in [0.25, 0.3) is 17.1 Å². The number of ether oxygens (including phenoxy) is 2. The Hall–Kier alpha value is -3.08. The highest BCUT2D eigenvalue weighted by atomic mass is 16.5. The van der Waals surface area contributed by atoms with Crippen LogP contribution in [0.5, 0.6) is 5.75 Å². The monoisotopic (exact) mass is 336 g/mol. The Bertz CT molecular complexity index is 868. The number of imidazole rings is 1. The summed E-state index contributed by atoms with van der Waals surface area (Å²) >= 11 is 0. The van der Waals surface area contributed by atoms with Crippen LogP contribution in [0, 0.1) is 6.92 Å². The number of nitrogens with zero attached hydrogens (tertiary/aromatic N) is 2. The Morgan fingerprint density at radius 2 is 1.76 bits per heavy atom. The van der Waals surface area contributed by atoms with Crippen molar-refractivity contribution in [2.45, 2.75) is 13.8 Å². The molecule has 0 aliphatic rings. The Morgan fingerprint density at radius 3 is 2.36 bits per heavy atom. The van der Waals surface area contributed by atoms with Crippen molar-refractivity contribution in [3.8, 4) is 22.8 Å². The zero-order valence-corrected chi connectivity index (χ0v) is 14.5. The zero-order chi connectivity index (χ0) is 17.8. The molecule has 0 unspecified atom stereocenters. The fourth-order valence-corrected chi connectivity index (χ4v) is 2.72. The van der Waals surface area contributed by atoms with Gasteiger partial charge in [0.05, 0.1) is 19.4 Å². The number of methoxy groups -OCH3 is 1. The van der Waals surface area contributed by atoms with Crippen molar-refractivity contribution in [3.63, 3.8) is 0 Å². The second-order valence-electron chi connectivity index (χ2n) is 5.49. The van der Waals surface area contributed by atoms with Crippen molar-refractivity contribution in [2.75, 3.05) is 13.7 Å². The molecule has 0 aliphatic heterocycles. The average molecular weight is 336 g/mol. The first-order valence-electron chi connectivity index (χ1n) is 8.12. The Balaban J connectivity index is 2.18. The number of esters is 1. The number of hydrogen-bond donors (Lipinski definition) is 0. The molecule has 0 bridgehead atoms. The summed E-state index contributed by atoms with van der Waals surface area (Å²) in [5.74, 6) is 1.06. The molecule has 128 valence electrons. The van der Waals surface area contributed by atoms with Gasteiger partial charge >= 0.3 is 5.97 Å². The van der Waals surface area contributed by atoms with Crippen LogP contribution in [0.15, 0.2) is 54.6 Å². The first-order chi connectivity index (χ1) is 12.2. The van der Waals surface area contributed by atoms with E-state index < -0.39 is 5.97 Å². The molecule has 0 aliphatic carbocycles. The predicted molar refractivity (Wildman–Crippen MR) is 96.2 cm³/mol. The number of hydrogen-bond acceptors (Lipinski definition) is 4. The van der Waals surface area contributed by atoms with Gasteiger partial charge in [0.1, 0.15) is 11.6 Å². The Morgan fingerprint density at radius 1 is 1.08 bits per heavy atom. The summed E-state index contributed by atoms with van der Waals surface area (Å²) < 4.78 is 12.3. The molecular formula is C20H20N2O3. The van der Waals surface area contributed by atoms with E-state index in [4.69, 9.17) is 9.47 Å². The molecule has 3 rings (SSSR count). The highest BCUT2D eigenvalue weighted by Crippen LogP contribution is 2.27. The fraction of sp³-hybridized carbons (Fsp3) is 0.200. The molecular weight excluding hydrogens is 316 g/mol. The highest BCUT2D eigenvalue weighted by molar-refractivity contribution is 5.90. The van der Waals surface area contributed by atoms with Gasteiger partial charge in [-0.15, -0.1) is 0 Å². The van der Waals surface area contributed by atoms with Gasteiger partial charge in [0.2, 0.25) is 0 Å². The molecule has 5 heteroatoms.